The van der Waals surface area contributed by atoms with E-state index < -0.39 is 9.84 Å². The summed E-state index contributed by atoms with van der Waals surface area (Å²) in [5.74, 6) is -0.183. The Kier molecular flexibility index (Phi) is 5.96. The fourth-order valence-corrected chi connectivity index (χ4v) is 5.10. The minimum Gasteiger partial charge on any atom is -0.356 e. The number of amides is 2. The highest BCUT2D eigenvalue weighted by molar-refractivity contribution is 7.91. The molecule has 2 amide bonds. The van der Waals surface area contributed by atoms with Crippen LogP contribution in [0.1, 0.15) is 38.5 Å². The lowest BCUT2D eigenvalue weighted by atomic mass is 10.1. The monoisotopic (exact) mass is 378 g/mol. The van der Waals surface area contributed by atoms with Gasteiger partial charge in [0.1, 0.15) is 0 Å². The molecule has 1 aromatic rings. The predicted molar refractivity (Wildman–Crippen MR) is 98.2 cm³/mol. The smallest absolute Gasteiger partial charge is 0.223 e. The highest BCUT2D eigenvalue weighted by Gasteiger charge is 2.35. The maximum Gasteiger partial charge on any atom is 0.223 e. The van der Waals surface area contributed by atoms with E-state index in [1.165, 1.54) is 25.0 Å². The number of hydrogen-bond acceptors (Lipinski definition) is 4. The first-order valence-corrected chi connectivity index (χ1v) is 10.9. The normalized spacial score (nSPS) is 21.3. The summed E-state index contributed by atoms with van der Waals surface area (Å²) in [5, 5.41) is 2.80. The van der Waals surface area contributed by atoms with Gasteiger partial charge in [0.05, 0.1) is 10.6 Å². The molecule has 1 atom stereocenters. The van der Waals surface area contributed by atoms with E-state index >= 15 is 0 Å². The van der Waals surface area contributed by atoms with E-state index in [2.05, 4.69) is 5.32 Å². The third-order valence-corrected chi connectivity index (χ3v) is 7.02. The molecule has 1 heterocycles. The average Bonchev–Trinajstić information content (AvgIpc) is 3.28. The van der Waals surface area contributed by atoms with Crippen molar-refractivity contribution in [2.24, 2.45) is 5.92 Å². The molecule has 0 radical (unpaired) electrons. The van der Waals surface area contributed by atoms with Gasteiger partial charge in [-0.2, -0.15) is 0 Å². The van der Waals surface area contributed by atoms with Crippen molar-refractivity contribution in [3.63, 3.8) is 0 Å². The first-order chi connectivity index (χ1) is 12.5. The number of benzene rings is 1. The molecule has 7 heteroatoms. The van der Waals surface area contributed by atoms with Gasteiger partial charge in [-0.25, -0.2) is 8.42 Å². The Labute approximate surface area is 154 Å². The standard InChI is InChI=1S/C19H26N2O4S/c22-18(10-11-26(24,25)17-8-2-1-3-9-17)20-13-15-12-19(23)21(14-15)16-6-4-5-7-16/h1-3,8-9,15-16H,4-7,10-14H2,(H,20,22)/t15-/m0/s1. The Bertz CT molecular complexity index is 742. The molecule has 2 aliphatic rings. The van der Waals surface area contributed by atoms with Crippen LogP contribution in [0.15, 0.2) is 35.2 Å². The second kappa shape index (κ2) is 8.20. The van der Waals surface area contributed by atoms with Gasteiger partial charge < -0.3 is 10.2 Å². The molecule has 0 spiro atoms. The molecule has 1 aliphatic heterocycles. The van der Waals surface area contributed by atoms with Crippen LogP contribution in [-0.4, -0.2) is 50.0 Å². The SMILES string of the molecule is O=C(CCS(=O)(=O)c1ccccc1)NC[C@@H]1CC(=O)N(C2CCCC2)C1. The summed E-state index contributed by atoms with van der Waals surface area (Å²) in [7, 11) is -3.44. The zero-order chi connectivity index (χ0) is 18.6. The van der Waals surface area contributed by atoms with Crippen molar-refractivity contribution in [3.05, 3.63) is 30.3 Å². The topological polar surface area (TPSA) is 83.5 Å². The molecule has 1 aromatic carbocycles. The maximum absolute atomic E-state index is 12.2. The van der Waals surface area contributed by atoms with Crippen LogP contribution < -0.4 is 5.32 Å². The summed E-state index contributed by atoms with van der Waals surface area (Å²) >= 11 is 0. The van der Waals surface area contributed by atoms with Gasteiger partial charge in [-0.1, -0.05) is 31.0 Å². The Morgan fingerprint density at radius 1 is 1.15 bits per heavy atom. The molecule has 0 aromatic heterocycles. The summed E-state index contributed by atoms with van der Waals surface area (Å²) in [4.78, 5) is 26.4. The molecule has 2 fully saturated rings. The first kappa shape index (κ1) is 18.9. The van der Waals surface area contributed by atoms with Crippen molar-refractivity contribution in [2.45, 2.75) is 49.5 Å². The lowest BCUT2D eigenvalue weighted by Gasteiger charge is -2.24. The summed E-state index contributed by atoms with van der Waals surface area (Å²) in [5.41, 5.74) is 0. The summed E-state index contributed by atoms with van der Waals surface area (Å²) < 4.78 is 24.4. The fourth-order valence-electron chi connectivity index (χ4n) is 3.83. The number of rotatable bonds is 7. The van der Waals surface area contributed by atoms with Gasteiger partial charge in [-0.05, 0) is 25.0 Å². The lowest BCUT2D eigenvalue weighted by Crippen LogP contribution is -2.36. The van der Waals surface area contributed by atoms with Crippen molar-refractivity contribution >= 4 is 21.7 Å². The van der Waals surface area contributed by atoms with Crippen LogP contribution in [0.2, 0.25) is 0 Å². The van der Waals surface area contributed by atoms with Crippen molar-refractivity contribution in [3.8, 4) is 0 Å². The number of carbonyl (C=O) groups is 2. The van der Waals surface area contributed by atoms with Crippen molar-refractivity contribution in [2.75, 3.05) is 18.8 Å². The second-order valence-corrected chi connectivity index (χ2v) is 9.35. The molecular weight excluding hydrogens is 352 g/mol. The summed E-state index contributed by atoms with van der Waals surface area (Å²) in [6, 6.07) is 8.53. The van der Waals surface area contributed by atoms with Crippen LogP contribution in [0.4, 0.5) is 0 Å². The summed E-state index contributed by atoms with van der Waals surface area (Å²) in [6.07, 6.45) is 4.95. The van der Waals surface area contributed by atoms with Gasteiger partial charge in [0.2, 0.25) is 11.8 Å². The zero-order valence-electron chi connectivity index (χ0n) is 14.9. The molecule has 0 bridgehead atoms. The highest BCUT2D eigenvalue weighted by atomic mass is 32.2. The van der Waals surface area contributed by atoms with E-state index in [1.54, 1.807) is 18.2 Å². The molecule has 0 unspecified atom stereocenters. The Hall–Kier alpha value is -1.89. The Morgan fingerprint density at radius 2 is 1.85 bits per heavy atom. The van der Waals surface area contributed by atoms with Gasteiger partial charge in [0.15, 0.2) is 9.84 Å². The van der Waals surface area contributed by atoms with E-state index in [4.69, 9.17) is 0 Å². The number of carbonyl (C=O) groups excluding carboxylic acids is 2. The van der Waals surface area contributed by atoms with E-state index in [-0.39, 0.29) is 34.8 Å². The van der Waals surface area contributed by atoms with Crippen molar-refractivity contribution in [1.29, 1.82) is 0 Å². The molecular formula is C19H26N2O4S. The molecule has 6 nitrogen and oxygen atoms in total. The van der Waals surface area contributed by atoms with Crippen LogP contribution in [0, 0.1) is 5.92 Å². The number of likely N-dealkylation sites (tertiary alicyclic amines) is 1. The molecule has 3 rings (SSSR count). The van der Waals surface area contributed by atoms with Gasteiger partial charge in [-0.3, -0.25) is 9.59 Å². The van der Waals surface area contributed by atoms with E-state index in [0.29, 0.717) is 25.6 Å². The first-order valence-electron chi connectivity index (χ1n) is 9.29. The van der Waals surface area contributed by atoms with Gasteiger partial charge in [0, 0.05) is 37.9 Å². The third-order valence-electron chi connectivity index (χ3n) is 5.29. The van der Waals surface area contributed by atoms with E-state index in [0.717, 1.165) is 12.8 Å². The van der Waals surface area contributed by atoms with Crippen molar-refractivity contribution < 1.29 is 18.0 Å². The zero-order valence-corrected chi connectivity index (χ0v) is 15.7. The van der Waals surface area contributed by atoms with Gasteiger partial charge >= 0.3 is 0 Å². The molecule has 1 saturated carbocycles. The predicted octanol–water partition coefficient (Wildman–Crippen LogP) is 1.76. The number of nitrogens with zero attached hydrogens (tertiary/aromatic N) is 1. The molecule has 26 heavy (non-hydrogen) atoms. The molecule has 1 N–H and O–H groups in total. The Morgan fingerprint density at radius 3 is 2.54 bits per heavy atom. The fraction of sp³-hybridized carbons (Fsp3) is 0.579. The minimum atomic E-state index is -3.44. The van der Waals surface area contributed by atoms with Crippen LogP contribution in [0.3, 0.4) is 0 Å². The van der Waals surface area contributed by atoms with Crippen LogP contribution >= 0.6 is 0 Å². The summed E-state index contributed by atoms with van der Waals surface area (Å²) in [6.45, 7) is 1.13. The maximum atomic E-state index is 12.2. The van der Waals surface area contributed by atoms with Crippen LogP contribution in [0.25, 0.3) is 0 Å². The third kappa shape index (κ3) is 4.63. The van der Waals surface area contributed by atoms with Gasteiger partial charge in [0.25, 0.3) is 0 Å². The lowest BCUT2D eigenvalue weighted by molar-refractivity contribution is -0.129. The minimum absolute atomic E-state index is 0.0652. The number of sulfone groups is 1. The second-order valence-electron chi connectivity index (χ2n) is 7.24. The van der Waals surface area contributed by atoms with Crippen LogP contribution in [-0.2, 0) is 19.4 Å². The van der Waals surface area contributed by atoms with Gasteiger partial charge in [-0.15, -0.1) is 0 Å². The molecule has 1 saturated heterocycles. The van der Waals surface area contributed by atoms with E-state index in [1.807, 2.05) is 4.90 Å². The van der Waals surface area contributed by atoms with Crippen molar-refractivity contribution in [1.82, 2.24) is 10.2 Å². The number of hydrogen-bond donors (Lipinski definition) is 1. The average molecular weight is 378 g/mol. The van der Waals surface area contributed by atoms with Crippen LogP contribution in [0.5, 0.6) is 0 Å². The quantitative estimate of drug-likeness (QED) is 0.784. The molecule has 142 valence electrons. The number of nitrogens with one attached hydrogen (secondary N) is 1. The largest absolute Gasteiger partial charge is 0.356 e. The highest BCUT2D eigenvalue weighted by Crippen LogP contribution is 2.29. The Balaban J connectivity index is 1.42. The molecule has 1 aliphatic carbocycles. The van der Waals surface area contributed by atoms with E-state index in [9.17, 15) is 18.0 Å².